The van der Waals surface area contributed by atoms with E-state index in [1.807, 2.05) is 0 Å². The van der Waals surface area contributed by atoms with Crippen LogP contribution >= 0.6 is 0 Å². The fourth-order valence-electron chi connectivity index (χ4n) is 5.69. The number of rotatable bonds is 3. The lowest BCUT2D eigenvalue weighted by Gasteiger charge is -2.23. The number of carbonyl (C=O) groups excluding carboxylic acids is 2. The second-order valence-electron chi connectivity index (χ2n) is 7.90. The molecule has 1 N–H and O–H groups in total. The first kappa shape index (κ1) is 14.9. The summed E-state index contributed by atoms with van der Waals surface area (Å²) >= 11 is 0. The Kier molecular flexibility index (Phi) is 2.76. The highest BCUT2D eigenvalue weighted by Crippen LogP contribution is 2.66. The summed E-state index contributed by atoms with van der Waals surface area (Å²) in [5.74, 6) is -1.97. The van der Waals surface area contributed by atoms with Gasteiger partial charge in [-0.3, -0.25) is 14.5 Å². The molecule has 6 heteroatoms. The van der Waals surface area contributed by atoms with Crippen LogP contribution in [0.4, 0.5) is 5.69 Å². The fraction of sp³-hybridized carbons (Fsp3) is 0.526. The van der Waals surface area contributed by atoms with Gasteiger partial charge in [0, 0.05) is 5.69 Å². The van der Waals surface area contributed by atoms with Crippen LogP contribution in [0.15, 0.2) is 24.3 Å². The number of aliphatic carboxylic acids is 1. The maximum Gasteiger partial charge on any atom is 0.326 e. The Balaban J connectivity index is 1.44. The summed E-state index contributed by atoms with van der Waals surface area (Å²) in [6.45, 7) is 3.47. The van der Waals surface area contributed by atoms with Crippen LogP contribution in [0.1, 0.15) is 18.9 Å². The van der Waals surface area contributed by atoms with Crippen molar-refractivity contribution in [2.75, 3.05) is 4.90 Å². The summed E-state index contributed by atoms with van der Waals surface area (Å²) in [6.07, 6.45) is 0.916. The van der Waals surface area contributed by atoms with Crippen molar-refractivity contribution >= 4 is 23.5 Å². The predicted molar refractivity (Wildman–Crippen MR) is 88.8 cm³/mol. The summed E-state index contributed by atoms with van der Waals surface area (Å²) in [5.41, 5.74) is 2.37. The first-order valence-corrected chi connectivity index (χ1v) is 8.86. The highest BCUT2D eigenvalue weighted by Gasteiger charge is 2.76. The van der Waals surface area contributed by atoms with Crippen LogP contribution in [-0.2, 0) is 14.4 Å². The number of aryl methyl sites for hydroxylation is 1. The van der Waals surface area contributed by atoms with E-state index in [4.69, 9.17) is 0 Å². The molecule has 7 unspecified atom stereocenters. The average molecular weight is 340 g/mol. The quantitative estimate of drug-likeness (QED) is 0.662. The minimum Gasteiger partial charge on any atom is -0.480 e. The predicted octanol–water partition coefficient (Wildman–Crippen LogP) is 1.28. The van der Waals surface area contributed by atoms with Gasteiger partial charge in [-0.2, -0.15) is 0 Å². The zero-order chi connectivity index (χ0) is 17.6. The van der Waals surface area contributed by atoms with Crippen LogP contribution in [0.3, 0.4) is 0 Å². The molecule has 6 nitrogen and oxygen atoms in total. The van der Waals surface area contributed by atoms with E-state index in [0.717, 1.165) is 17.0 Å². The van der Waals surface area contributed by atoms with Gasteiger partial charge in [0.2, 0.25) is 11.8 Å². The zero-order valence-electron chi connectivity index (χ0n) is 14.1. The molecule has 2 aliphatic heterocycles. The number of benzene rings is 1. The summed E-state index contributed by atoms with van der Waals surface area (Å²) in [5, 5.41) is 9.21. The summed E-state index contributed by atoms with van der Waals surface area (Å²) in [6, 6.07) is 7.94. The van der Waals surface area contributed by atoms with E-state index in [0.29, 0.717) is 12.1 Å². The van der Waals surface area contributed by atoms with Gasteiger partial charge in [-0.1, -0.05) is 17.7 Å². The monoisotopic (exact) mass is 340 g/mol. The van der Waals surface area contributed by atoms with E-state index in [2.05, 4.69) is 36.1 Å². The first-order chi connectivity index (χ1) is 11.9. The molecule has 0 aromatic heterocycles. The molecule has 2 saturated heterocycles. The van der Waals surface area contributed by atoms with Gasteiger partial charge in [-0.15, -0.1) is 0 Å². The van der Waals surface area contributed by atoms with Crippen LogP contribution in [0.25, 0.3) is 0 Å². The van der Waals surface area contributed by atoms with Crippen molar-refractivity contribution in [1.82, 2.24) is 4.90 Å². The van der Waals surface area contributed by atoms with Crippen molar-refractivity contribution < 1.29 is 19.5 Å². The van der Waals surface area contributed by atoms with E-state index in [1.165, 1.54) is 12.5 Å². The maximum atomic E-state index is 12.8. The molecule has 0 spiro atoms. The molecular weight excluding hydrogens is 320 g/mol. The molecule has 2 aliphatic carbocycles. The second kappa shape index (κ2) is 4.62. The number of fused-ring (bicyclic) bond motifs is 8. The van der Waals surface area contributed by atoms with Crippen LogP contribution in [0.5, 0.6) is 0 Å². The normalized spacial score (nSPS) is 38.8. The highest BCUT2D eigenvalue weighted by molar-refractivity contribution is 6.09. The number of amides is 2. The Hall–Kier alpha value is -2.37. The van der Waals surface area contributed by atoms with Gasteiger partial charge in [0.25, 0.3) is 0 Å². The van der Waals surface area contributed by atoms with E-state index in [1.54, 1.807) is 0 Å². The molecule has 0 radical (unpaired) electrons. The first-order valence-electron chi connectivity index (χ1n) is 8.86. The Morgan fingerprint density at radius 3 is 2.08 bits per heavy atom. The minimum absolute atomic E-state index is 0.170. The van der Waals surface area contributed by atoms with E-state index >= 15 is 0 Å². The largest absolute Gasteiger partial charge is 0.480 e. The molecule has 1 aromatic carbocycles. The second-order valence-corrected chi connectivity index (χ2v) is 7.90. The lowest BCUT2D eigenvalue weighted by Crippen LogP contribution is -2.44. The number of likely N-dealkylation sites (tertiary alicyclic amines) is 1. The van der Waals surface area contributed by atoms with Crippen LogP contribution in [-0.4, -0.2) is 45.9 Å². The van der Waals surface area contributed by atoms with Crippen molar-refractivity contribution in [2.24, 2.45) is 23.7 Å². The van der Waals surface area contributed by atoms with E-state index in [9.17, 15) is 19.5 Å². The number of imide groups is 1. The smallest absolute Gasteiger partial charge is 0.326 e. The van der Waals surface area contributed by atoms with Gasteiger partial charge in [0.15, 0.2) is 0 Å². The number of carbonyl (C=O) groups is 3. The molecule has 5 rings (SSSR count). The Bertz CT molecular complexity index is 770. The molecule has 4 aliphatic rings. The maximum absolute atomic E-state index is 12.8. The standard InChI is InChI=1S/C19H20N2O4/c1-8-3-5-10(6-4-8)21-15-11-7-12(16(15)21)14-13(11)17(22)20(18(14)23)9(2)19(24)25/h3-6,9,11-16H,7H2,1-2H3,(H,24,25). The van der Waals surface area contributed by atoms with Gasteiger partial charge in [-0.25, -0.2) is 4.79 Å². The molecule has 2 amide bonds. The lowest BCUT2D eigenvalue weighted by atomic mass is 9.81. The molecule has 4 fully saturated rings. The Labute approximate surface area is 145 Å². The number of hydrogen-bond donors (Lipinski definition) is 1. The number of nitrogens with zero attached hydrogens (tertiary/aromatic N) is 2. The van der Waals surface area contributed by atoms with Gasteiger partial charge in [0.05, 0.1) is 23.9 Å². The third-order valence-corrected chi connectivity index (χ3v) is 6.76. The number of hydrogen-bond acceptors (Lipinski definition) is 4. The van der Waals surface area contributed by atoms with Crippen molar-refractivity contribution in [3.63, 3.8) is 0 Å². The number of anilines is 1. The SMILES string of the molecule is Cc1ccc(N2C3C4CC(C5C(=O)N(C(C)C(=O)O)C(=O)C45)C32)cc1. The summed E-state index contributed by atoms with van der Waals surface area (Å²) in [4.78, 5) is 40.2. The topological polar surface area (TPSA) is 77.7 Å². The van der Waals surface area contributed by atoms with Crippen molar-refractivity contribution in [2.45, 2.75) is 38.4 Å². The fourth-order valence-corrected chi connectivity index (χ4v) is 5.69. The van der Waals surface area contributed by atoms with E-state index < -0.39 is 12.0 Å². The van der Waals surface area contributed by atoms with Crippen molar-refractivity contribution in [3.05, 3.63) is 29.8 Å². The summed E-state index contributed by atoms with van der Waals surface area (Å²) in [7, 11) is 0. The van der Waals surface area contributed by atoms with Gasteiger partial charge in [0.1, 0.15) is 6.04 Å². The average Bonchev–Trinajstić information content (AvgIpc) is 2.91. The highest BCUT2D eigenvalue weighted by atomic mass is 16.4. The number of piperidine rings is 1. The molecule has 25 heavy (non-hydrogen) atoms. The number of carboxylic acid groups (broad SMARTS) is 1. The molecule has 2 bridgehead atoms. The molecule has 2 saturated carbocycles. The van der Waals surface area contributed by atoms with Gasteiger partial charge < -0.3 is 10.0 Å². The third kappa shape index (κ3) is 1.72. The molecule has 2 heterocycles. The summed E-state index contributed by atoms with van der Waals surface area (Å²) < 4.78 is 0. The van der Waals surface area contributed by atoms with Crippen LogP contribution < -0.4 is 4.90 Å². The lowest BCUT2D eigenvalue weighted by molar-refractivity contribution is -0.154. The number of carboxylic acids is 1. The molecule has 1 aromatic rings. The van der Waals surface area contributed by atoms with Crippen LogP contribution in [0.2, 0.25) is 0 Å². The Morgan fingerprint density at radius 1 is 1.08 bits per heavy atom. The molecule has 130 valence electrons. The van der Waals surface area contributed by atoms with Crippen molar-refractivity contribution in [1.29, 1.82) is 0 Å². The minimum atomic E-state index is -1.12. The Morgan fingerprint density at radius 2 is 1.60 bits per heavy atom. The zero-order valence-corrected chi connectivity index (χ0v) is 14.1. The van der Waals surface area contributed by atoms with Gasteiger partial charge in [-0.05, 0) is 44.2 Å². The van der Waals surface area contributed by atoms with E-state index in [-0.39, 0.29) is 35.5 Å². The van der Waals surface area contributed by atoms with Crippen LogP contribution in [0, 0.1) is 30.6 Å². The molecular formula is C19H20N2O4. The van der Waals surface area contributed by atoms with Gasteiger partial charge >= 0.3 is 5.97 Å². The molecule has 7 atom stereocenters. The van der Waals surface area contributed by atoms with Crippen molar-refractivity contribution in [3.8, 4) is 0 Å². The third-order valence-electron chi connectivity index (χ3n) is 6.76.